The second-order valence-corrected chi connectivity index (χ2v) is 4.31. The van der Waals surface area contributed by atoms with Gasteiger partial charge in [0, 0.05) is 19.0 Å². The number of carbonyl (C=O) groups is 1. The lowest BCUT2D eigenvalue weighted by Crippen LogP contribution is -2.36. The SMILES string of the molecule is CC(C)NC(=O)CCO[C@H]1CCCNC1. The molecule has 0 bridgehead atoms. The molecule has 4 nitrogen and oxygen atoms in total. The van der Waals surface area contributed by atoms with Gasteiger partial charge >= 0.3 is 0 Å². The van der Waals surface area contributed by atoms with E-state index >= 15 is 0 Å². The van der Waals surface area contributed by atoms with Gasteiger partial charge in [-0.25, -0.2) is 0 Å². The Kier molecular flexibility index (Phi) is 5.65. The van der Waals surface area contributed by atoms with Crippen molar-refractivity contribution in [1.82, 2.24) is 10.6 Å². The highest BCUT2D eigenvalue weighted by molar-refractivity contribution is 5.76. The van der Waals surface area contributed by atoms with Crippen molar-refractivity contribution >= 4 is 5.91 Å². The summed E-state index contributed by atoms with van der Waals surface area (Å²) in [5.74, 6) is 0.0776. The molecule has 1 fully saturated rings. The van der Waals surface area contributed by atoms with E-state index in [1.165, 1.54) is 6.42 Å². The molecule has 0 radical (unpaired) electrons. The van der Waals surface area contributed by atoms with Gasteiger partial charge in [0.05, 0.1) is 12.7 Å². The summed E-state index contributed by atoms with van der Waals surface area (Å²) in [5.41, 5.74) is 0. The number of hydrogen-bond donors (Lipinski definition) is 2. The number of piperidine rings is 1. The zero-order valence-electron chi connectivity index (χ0n) is 9.71. The van der Waals surface area contributed by atoms with Gasteiger partial charge in [0.15, 0.2) is 0 Å². The first kappa shape index (κ1) is 12.5. The molecule has 1 amide bonds. The molecule has 1 atom stereocenters. The molecule has 0 aromatic heterocycles. The fourth-order valence-corrected chi connectivity index (χ4v) is 1.67. The molecule has 88 valence electrons. The number of hydrogen-bond acceptors (Lipinski definition) is 3. The molecule has 1 aliphatic heterocycles. The second kappa shape index (κ2) is 6.80. The Hall–Kier alpha value is -0.610. The van der Waals surface area contributed by atoms with Crippen LogP contribution in [0.3, 0.4) is 0 Å². The Morgan fingerprint density at radius 1 is 1.60 bits per heavy atom. The molecule has 0 aliphatic carbocycles. The van der Waals surface area contributed by atoms with Crippen molar-refractivity contribution in [3.63, 3.8) is 0 Å². The van der Waals surface area contributed by atoms with Crippen molar-refractivity contribution in [3.05, 3.63) is 0 Å². The van der Waals surface area contributed by atoms with E-state index in [-0.39, 0.29) is 11.9 Å². The normalized spacial score (nSPS) is 21.7. The van der Waals surface area contributed by atoms with E-state index in [0.29, 0.717) is 19.1 Å². The molecule has 0 aromatic rings. The highest BCUT2D eigenvalue weighted by atomic mass is 16.5. The highest BCUT2D eigenvalue weighted by Gasteiger charge is 2.13. The molecule has 1 rings (SSSR count). The maximum absolute atomic E-state index is 11.3. The van der Waals surface area contributed by atoms with Crippen molar-refractivity contribution in [2.24, 2.45) is 0 Å². The molecular formula is C11H22N2O2. The van der Waals surface area contributed by atoms with Crippen LogP contribution in [0.1, 0.15) is 33.1 Å². The molecule has 0 saturated carbocycles. The lowest BCUT2D eigenvalue weighted by atomic mass is 10.1. The minimum Gasteiger partial charge on any atom is -0.376 e. The smallest absolute Gasteiger partial charge is 0.222 e. The third kappa shape index (κ3) is 5.74. The van der Waals surface area contributed by atoms with Crippen LogP contribution in [0.4, 0.5) is 0 Å². The summed E-state index contributed by atoms with van der Waals surface area (Å²) in [7, 11) is 0. The van der Waals surface area contributed by atoms with Crippen LogP contribution >= 0.6 is 0 Å². The standard InChI is InChI=1S/C11H22N2O2/c1-9(2)13-11(14)5-7-15-10-4-3-6-12-8-10/h9-10,12H,3-8H2,1-2H3,(H,13,14)/t10-/m0/s1. The zero-order valence-corrected chi connectivity index (χ0v) is 9.71. The minimum atomic E-state index is 0.0776. The zero-order chi connectivity index (χ0) is 11.1. The summed E-state index contributed by atoms with van der Waals surface area (Å²) in [5, 5.41) is 6.13. The van der Waals surface area contributed by atoms with E-state index < -0.39 is 0 Å². The summed E-state index contributed by atoms with van der Waals surface area (Å²) in [4.78, 5) is 11.3. The van der Waals surface area contributed by atoms with Crippen LogP contribution < -0.4 is 10.6 Å². The summed E-state index contributed by atoms with van der Waals surface area (Å²) in [6.07, 6.45) is 3.04. The summed E-state index contributed by atoms with van der Waals surface area (Å²) in [6.45, 7) is 6.47. The number of carbonyl (C=O) groups excluding carboxylic acids is 1. The largest absolute Gasteiger partial charge is 0.376 e. The van der Waals surface area contributed by atoms with Gasteiger partial charge in [-0.05, 0) is 33.2 Å². The molecule has 0 aromatic carbocycles. The van der Waals surface area contributed by atoms with Gasteiger partial charge in [0.2, 0.25) is 5.91 Å². The first-order valence-corrected chi connectivity index (χ1v) is 5.80. The Morgan fingerprint density at radius 3 is 3.00 bits per heavy atom. The van der Waals surface area contributed by atoms with Crippen molar-refractivity contribution in [1.29, 1.82) is 0 Å². The van der Waals surface area contributed by atoms with Gasteiger partial charge in [-0.15, -0.1) is 0 Å². The Balaban J connectivity index is 2.02. The molecule has 0 spiro atoms. The van der Waals surface area contributed by atoms with Crippen molar-refractivity contribution < 1.29 is 9.53 Å². The molecular weight excluding hydrogens is 192 g/mol. The third-order valence-electron chi connectivity index (χ3n) is 2.38. The minimum absolute atomic E-state index is 0.0776. The van der Waals surface area contributed by atoms with Gasteiger partial charge in [-0.1, -0.05) is 0 Å². The maximum atomic E-state index is 11.3. The topological polar surface area (TPSA) is 50.4 Å². The molecule has 1 saturated heterocycles. The Bertz CT molecular complexity index is 189. The average molecular weight is 214 g/mol. The monoisotopic (exact) mass is 214 g/mol. The van der Waals surface area contributed by atoms with Crippen LogP contribution in [0.5, 0.6) is 0 Å². The van der Waals surface area contributed by atoms with Crippen molar-refractivity contribution in [3.8, 4) is 0 Å². The first-order valence-electron chi connectivity index (χ1n) is 5.80. The van der Waals surface area contributed by atoms with Crippen LogP contribution in [0.2, 0.25) is 0 Å². The van der Waals surface area contributed by atoms with Crippen LogP contribution in [0.25, 0.3) is 0 Å². The van der Waals surface area contributed by atoms with Gasteiger partial charge < -0.3 is 15.4 Å². The lowest BCUT2D eigenvalue weighted by Gasteiger charge is -2.23. The van der Waals surface area contributed by atoms with E-state index in [9.17, 15) is 4.79 Å². The van der Waals surface area contributed by atoms with Gasteiger partial charge in [0.25, 0.3) is 0 Å². The van der Waals surface area contributed by atoms with E-state index in [1.807, 2.05) is 13.8 Å². The fourth-order valence-electron chi connectivity index (χ4n) is 1.67. The van der Waals surface area contributed by atoms with E-state index in [2.05, 4.69) is 10.6 Å². The van der Waals surface area contributed by atoms with Crippen molar-refractivity contribution in [2.75, 3.05) is 19.7 Å². The van der Waals surface area contributed by atoms with E-state index in [4.69, 9.17) is 4.74 Å². The van der Waals surface area contributed by atoms with Gasteiger partial charge in [0.1, 0.15) is 0 Å². The van der Waals surface area contributed by atoms with Crippen LogP contribution in [0, 0.1) is 0 Å². The number of nitrogens with one attached hydrogen (secondary N) is 2. The predicted octanol–water partition coefficient (Wildman–Crippen LogP) is 0.670. The quantitative estimate of drug-likeness (QED) is 0.707. The molecule has 1 aliphatic rings. The third-order valence-corrected chi connectivity index (χ3v) is 2.38. The average Bonchev–Trinajstić information content (AvgIpc) is 2.18. The lowest BCUT2D eigenvalue weighted by molar-refractivity contribution is -0.123. The fraction of sp³-hybridized carbons (Fsp3) is 0.909. The molecule has 15 heavy (non-hydrogen) atoms. The predicted molar refractivity (Wildman–Crippen MR) is 59.7 cm³/mol. The number of rotatable bonds is 5. The van der Waals surface area contributed by atoms with Crippen LogP contribution in [-0.2, 0) is 9.53 Å². The summed E-state index contributed by atoms with van der Waals surface area (Å²) < 4.78 is 5.61. The summed E-state index contributed by atoms with van der Waals surface area (Å²) >= 11 is 0. The van der Waals surface area contributed by atoms with Gasteiger partial charge in [-0.2, -0.15) is 0 Å². The van der Waals surface area contributed by atoms with Gasteiger partial charge in [-0.3, -0.25) is 4.79 Å². The van der Waals surface area contributed by atoms with Crippen LogP contribution in [0.15, 0.2) is 0 Å². The molecule has 0 unspecified atom stereocenters. The van der Waals surface area contributed by atoms with Crippen LogP contribution in [-0.4, -0.2) is 37.7 Å². The summed E-state index contributed by atoms with van der Waals surface area (Å²) in [6, 6.07) is 0.217. The van der Waals surface area contributed by atoms with E-state index in [1.54, 1.807) is 0 Å². The molecule has 2 N–H and O–H groups in total. The number of amides is 1. The number of ether oxygens (including phenoxy) is 1. The maximum Gasteiger partial charge on any atom is 0.222 e. The second-order valence-electron chi connectivity index (χ2n) is 4.31. The Morgan fingerprint density at radius 2 is 2.40 bits per heavy atom. The molecule has 4 heteroatoms. The van der Waals surface area contributed by atoms with E-state index in [0.717, 1.165) is 19.5 Å². The van der Waals surface area contributed by atoms with Crippen molar-refractivity contribution in [2.45, 2.75) is 45.3 Å². The first-order chi connectivity index (χ1) is 7.18. The molecule has 1 heterocycles. The Labute approximate surface area is 91.8 Å². The highest BCUT2D eigenvalue weighted by Crippen LogP contribution is 2.05.